The molecule has 2 aromatic rings. The van der Waals surface area contributed by atoms with Crippen LogP contribution in [0.1, 0.15) is 35.8 Å². The smallest absolute Gasteiger partial charge is 0.273 e. The zero-order valence-corrected chi connectivity index (χ0v) is 9.90. The molecule has 0 aliphatic heterocycles. The highest BCUT2D eigenvalue weighted by Gasteiger charge is 2.11. The number of aromatic amines is 1. The summed E-state index contributed by atoms with van der Waals surface area (Å²) in [4.78, 5) is 18.5. The third-order valence-electron chi connectivity index (χ3n) is 2.57. The fourth-order valence-corrected chi connectivity index (χ4v) is 1.68. The number of hydrogen-bond donors (Lipinski definition) is 2. The molecule has 0 saturated carbocycles. The molecule has 0 aliphatic carbocycles. The van der Waals surface area contributed by atoms with Crippen LogP contribution in [-0.2, 0) is 0 Å². The summed E-state index contributed by atoms with van der Waals surface area (Å²) in [5.41, 5.74) is 2.44. The Morgan fingerprint density at radius 1 is 1.35 bits per heavy atom. The summed E-state index contributed by atoms with van der Waals surface area (Å²) < 4.78 is 0. The van der Waals surface area contributed by atoms with Gasteiger partial charge in [-0.25, -0.2) is 4.98 Å². The van der Waals surface area contributed by atoms with E-state index in [1.54, 1.807) is 0 Å². The third-order valence-corrected chi connectivity index (χ3v) is 2.57. The van der Waals surface area contributed by atoms with Crippen LogP contribution < -0.4 is 5.32 Å². The van der Waals surface area contributed by atoms with Crippen LogP contribution in [0, 0.1) is 0 Å². The number of nitrogens with one attached hydrogen (secondary N) is 2. The zero-order valence-electron chi connectivity index (χ0n) is 9.90. The monoisotopic (exact) mass is 229 g/mol. The van der Waals surface area contributed by atoms with Crippen LogP contribution in [0.5, 0.6) is 0 Å². The van der Waals surface area contributed by atoms with Crippen molar-refractivity contribution in [3.63, 3.8) is 0 Å². The molecule has 0 bridgehead atoms. The summed E-state index contributed by atoms with van der Waals surface area (Å²) in [7, 11) is 0. The molecule has 4 heteroatoms. The van der Waals surface area contributed by atoms with E-state index in [1.165, 1.54) is 12.5 Å². The lowest BCUT2D eigenvalue weighted by Crippen LogP contribution is -2.13. The average Bonchev–Trinajstić information content (AvgIpc) is 2.83. The molecule has 2 N–H and O–H groups in total. The number of amides is 1. The molecule has 1 aromatic carbocycles. The lowest BCUT2D eigenvalue weighted by molar-refractivity contribution is 0.102. The first-order chi connectivity index (χ1) is 8.18. The second kappa shape index (κ2) is 4.82. The Morgan fingerprint density at radius 2 is 2.12 bits per heavy atom. The highest BCUT2D eigenvalue weighted by Crippen LogP contribution is 2.23. The molecule has 4 nitrogen and oxygen atoms in total. The molecule has 0 radical (unpaired) electrons. The van der Waals surface area contributed by atoms with Gasteiger partial charge in [-0.3, -0.25) is 4.79 Å². The molecule has 1 aromatic heterocycles. The Morgan fingerprint density at radius 3 is 2.76 bits per heavy atom. The molecule has 0 spiro atoms. The highest BCUT2D eigenvalue weighted by molar-refractivity contribution is 6.03. The lowest BCUT2D eigenvalue weighted by Gasteiger charge is -2.12. The molecular weight excluding hydrogens is 214 g/mol. The Labute approximate surface area is 100 Å². The Balaban J connectivity index is 2.22. The second-order valence-electron chi connectivity index (χ2n) is 4.16. The minimum absolute atomic E-state index is 0.171. The predicted molar refractivity (Wildman–Crippen MR) is 67.1 cm³/mol. The van der Waals surface area contributed by atoms with Crippen molar-refractivity contribution in [2.24, 2.45) is 0 Å². The van der Waals surface area contributed by atoms with Crippen molar-refractivity contribution in [3.05, 3.63) is 48.0 Å². The van der Waals surface area contributed by atoms with Gasteiger partial charge >= 0.3 is 0 Å². The van der Waals surface area contributed by atoms with E-state index in [2.05, 4.69) is 29.1 Å². The Bertz CT molecular complexity index is 503. The van der Waals surface area contributed by atoms with Crippen LogP contribution in [0.3, 0.4) is 0 Å². The maximum atomic E-state index is 11.9. The average molecular weight is 229 g/mol. The zero-order chi connectivity index (χ0) is 12.3. The predicted octanol–water partition coefficient (Wildman–Crippen LogP) is 2.79. The molecule has 17 heavy (non-hydrogen) atoms. The number of anilines is 1. The normalized spacial score (nSPS) is 10.5. The second-order valence-corrected chi connectivity index (χ2v) is 4.16. The number of nitrogens with zero attached hydrogens (tertiary/aromatic N) is 1. The molecule has 0 unspecified atom stereocenters. The molecule has 0 saturated heterocycles. The summed E-state index contributed by atoms with van der Waals surface area (Å²) in [5.74, 6) is 0.198. The van der Waals surface area contributed by atoms with E-state index in [0.29, 0.717) is 11.6 Å². The van der Waals surface area contributed by atoms with Crippen molar-refractivity contribution >= 4 is 11.6 Å². The maximum Gasteiger partial charge on any atom is 0.273 e. The van der Waals surface area contributed by atoms with Gasteiger partial charge in [0, 0.05) is 5.69 Å². The highest BCUT2D eigenvalue weighted by atomic mass is 16.1. The van der Waals surface area contributed by atoms with Crippen LogP contribution in [0.4, 0.5) is 5.69 Å². The van der Waals surface area contributed by atoms with Crippen molar-refractivity contribution in [3.8, 4) is 0 Å². The summed E-state index contributed by atoms with van der Waals surface area (Å²) >= 11 is 0. The third kappa shape index (κ3) is 2.53. The topological polar surface area (TPSA) is 57.8 Å². The first-order valence-corrected chi connectivity index (χ1v) is 5.57. The quantitative estimate of drug-likeness (QED) is 0.850. The number of imidazole rings is 1. The van der Waals surface area contributed by atoms with Gasteiger partial charge in [-0.15, -0.1) is 0 Å². The van der Waals surface area contributed by atoms with E-state index in [9.17, 15) is 4.79 Å². The first kappa shape index (κ1) is 11.4. The van der Waals surface area contributed by atoms with Gasteiger partial charge in [0.15, 0.2) is 0 Å². The minimum Gasteiger partial charge on any atom is -0.341 e. The van der Waals surface area contributed by atoms with Crippen molar-refractivity contribution in [1.29, 1.82) is 0 Å². The molecule has 0 atom stereocenters. The maximum absolute atomic E-state index is 11.9. The lowest BCUT2D eigenvalue weighted by atomic mass is 10.0. The number of carbonyl (C=O) groups is 1. The van der Waals surface area contributed by atoms with E-state index in [0.717, 1.165) is 11.3 Å². The molecular formula is C13H15N3O. The number of benzene rings is 1. The van der Waals surface area contributed by atoms with Crippen molar-refractivity contribution in [2.45, 2.75) is 19.8 Å². The number of para-hydroxylation sites is 1. The van der Waals surface area contributed by atoms with Gasteiger partial charge in [0.2, 0.25) is 0 Å². The van der Waals surface area contributed by atoms with Gasteiger partial charge < -0.3 is 10.3 Å². The largest absolute Gasteiger partial charge is 0.341 e. The molecule has 2 rings (SSSR count). The summed E-state index contributed by atoms with van der Waals surface area (Å²) in [6, 6.07) is 7.81. The fourth-order valence-electron chi connectivity index (χ4n) is 1.68. The number of rotatable bonds is 3. The number of aromatic nitrogens is 2. The van der Waals surface area contributed by atoms with Gasteiger partial charge in [-0.1, -0.05) is 32.0 Å². The van der Waals surface area contributed by atoms with Crippen molar-refractivity contribution < 1.29 is 4.79 Å². The van der Waals surface area contributed by atoms with E-state index < -0.39 is 0 Å². The van der Waals surface area contributed by atoms with Crippen molar-refractivity contribution in [2.75, 3.05) is 5.32 Å². The van der Waals surface area contributed by atoms with Crippen LogP contribution >= 0.6 is 0 Å². The number of carbonyl (C=O) groups excluding carboxylic acids is 1. The van der Waals surface area contributed by atoms with Crippen LogP contribution in [0.15, 0.2) is 36.8 Å². The van der Waals surface area contributed by atoms with Crippen LogP contribution in [0.25, 0.3) is 0 Å². The molecule has 88 valence electrons. The van der Waals surface area contributed by atoms with Gasteiger partial charge in [-0.05, 0) is 17.5 Å². The summed E-state index contributed by atoms with van der Waals surface area (Å²) in [5, 5.41) is 2.88. The van der Waals surface area contributed by atoms with Gasteiger partial charge in [0.1, 0.15) is 5.69 Å². The number of hydrogen-bond acceptors (Lipinski definition) is 2. The van der Waals surface area contributed by atoms with Crippen molar-refractivity contribution in [1.82, 2.24) is 9.97 Å². The van der Waals surface area contributed by atoms with E-state index in [4.69, 9.17) is 0 Å². The SMILES string of the molecule is CC(C)c1ccccc1NC(=O)c1cnc[nH]1. The van der Waals surface area contributed by atoms with Crippen LogP contribution in [-0.4, -0.2) is 15.9 Å². The minimum atomic E-state index is -0.171. The molecule has 1 heterocycles. The van der Waals surface area contributed by atoms with E-state index >= 15 is 0 Å². The van der Waals surface area contributed by atoms with Crippen LogP contribution in [0.2, 0.25) is 0 Å². The standard InChI is InChI=1S/C13H15N3O/c1-9(2)10-5-3-4-6-11(10)16-13(17)12-7-14-8-15-12/h3-9H,1-2H3,(H,14,15)(H,16,17). The fraction of sp³-hybridized carbons (Fsp3) is 0.231. The molecule has 0 aliphatic rings. The Hall–Kier alpha value is -2.10. The molecule has 1 amide bonds. The Kier molecular flexibility index (Phi) is 3.23. The summed E-state index contributed by atoms with van der Waals surface area (Å²) in [6.45, 7) is 4.20. The van der Waals surface area contributed by atoms with E-state index in [1.807, 2.05) is 24.3 Å². The number of H-pyrrole nitrogens is 1. The van der Waals surface area contributed by atoms with Gasteiger partial charge in [0.05, 0.1) is 12.5 Å². The van der Waals surface area contributed by atoms with Gasteiger partial charge in [0.25, 0.3) is 5.91 Å². The van der Waals surface area contributed by atoms with Gasteiger partial charge in [-0.2, -0.15) is 0 Å². The van der Waals surface area contributed by atoms with E-state index in [-0.39, 0.29) is 5.91 Å². The summed E-state index contributed by atoms with van der Waals surface area (Å²) in [6.07, 6.45) is 3.00. The first-order valence-electron chi connectivity index (χ1n) is 5.57. The molecule has 0 fully saturated rings.